The van der Waals surface area contributed by atoms with Crippen LogP contribution in [-0.2, 0) is 11.2 Å². The third-order valence-electron chi connectivity index (χ3n) is 4.27. The van der Waals surface area contributed by atoms with Gasteiger partial charge in [0.25, 0.3) is 0 Å². The second-order valence-corrected chi connectivity index (χ2v) is 7.27. The van der Waals surface area contributed by atoms with Crippen LogP contribution < -0.4 is 5.32 Å². The lowest BCUT2D eigenvalue weighted by atomic mass is 10.1. The molecule has 0 aliphatic rings. The van der Waals surface area contributed by atoms with E-state index in [2.05, 4.69) is 23.3 Å². The molecule has 28 heavy (non-hydrogen) atoms. The number of hydrogen-bond donors (Lipinski definition) is 1. The van der Waals surface area contributed by atoms with Crippen LogP contribution in [0.15, 0.2) is 53.6 Å². The van der Waals surface area contributed by atoms with Gasteiger partial charge in [0, 0.05) is 16.6 Å². The first kappa shape index (κ1) is 19.6. The maximum atomic E-state index is 12.3. The molecule has 0 bridgehead atoms. The Labute approximate surface area is 167 Å². The highest BCUT2D eigenvalue weighted by Gasteiger charge is 2.11. The number of ketones is 1. The number of rotatable bonds is 6. The van der Waals surface area contributed by atoms with Crippen LogP contribution in [0.3, 0.4) is 0 Å². The number of anilines is 1. The van der Waals surface area contributed by atoms with E-state index in [1.165, 1.54) is 24.2 Å². The molecule has 1 heterocycles. The summed E-state index contributed by atoms with van der Waals surface area (Å²) in [4.78, 5) is 28.3. The number of amides is 1. The van der Waals surface area contributed by atoms with Gasteiger partial charge in [-0.2, -0.15) is 5.26 Å². The first-order valence-corrected chi connectivity index (χ1v) is 9.86. The van der Waals surface area contributed by atoms with Crippen molar-refractivity contribution in [1.82, 2.24) is 4.98 Å². The third-order valence-corrected chi connectivity index (χ3v) is 5.26. The Kier molecular flexibility index (Phi) is 6.07. The highest BCUT2D eigenvalue weighted by molar-refractivity contribution is 8.00. The fraction of sp³-hybridized carbons (Fsp3) is 0.182. The maximum absolute atomic E-state index is 12.3. The zero-order valence-electron chi connectivity index (χ0n) is 15.7. The number of fused-ring (bicyclic) bond motifs is 1. The van der Waals surface area contributed by atoms with Crippen molar-refractivity contribution in [2.75, 3.05) is 11.1 Å². The average molecular weight is 389 g/mol. The maximum Gasteiger partial charge on any atom is 0.234 e. The van der Waals surface area contributed by atoms with E-state index >= 15 is 0 Å². The van der Waals surface area contributed by atoms with Crippen LogP contribution in [0.5, 0.6) is 0 Å². The topological polar surface area (TPSA) is 82.8 Å². The van der Waals surface area contributed by atoms with Crippen molar-refractivity contribution in [1.29, 1.82) is 5.26 Å². The van der Waals surface area contributed by atoms with Crippen molar-refractivity contribution < 1.29 is 9.59 Å². The number of nitrogens with zero attached hydrogens (tertiary/aromatic N) is 2. The molecule has 5 nitrogen and oxygen atoms in total. The molecule has 0 atom stereocenters. The van der Waals surface area contributed by atoms with Crippen LogP contribution in [0.1, 0.15) is 35.3 Å². The largest absolute Gasteiger partial charge is 0.325 e. The SMILES string of the molecule is CCc1ccc2nc(SCC(=O)Nc3cccc(C(C)=O)c3)c(C#N)cc2c1. The number of hydrogen-bond acceptors (Lipinski definition) is 5. The van der Waals surface area contributed by atoms with E-state index in [1.54, 1.807) is 24.3 Å². The molecule has 2 aromatic carbocycles. The quantitative estimate of drug-likeness (QED) is 0.492. The lowest BCUT2D eigenvalue weighted by molar-refractivity contribution is -0.113. The summed E-state index contributed by atoms with van der Waals surface area (Å²) < 4.78 is 0. The van der Waals surface area contributed by atoms with Crippen LogP contribution in [0.2, 0.25) is 0 Å². The summed E-state index contributed by atoms with van der Waals surface area (Å²) in [7, 11) is 0. The highest BCUT2D eigenvalue weighted by atomic mass is 32.2. The summed E-state index contributed by atoms with van der Waals surface area (Å²) >= 11 is 1.22. The van der Waals surface area contributed by atoms with E-state index in [-0.39, 0.29) is 17.4 Å². The molecule has 0 saturated carbocycles. The van der Waals surface area contributed by atoms with E-state index in [1.807, 2.05) is 24.3 Å². The number of thioether (sulfide) groups is 1. The number of Topliss-reactive ketones (excluding diaryl/α,β-unsaturated/α-hetero) is 1. The Hall–Kier alpha value is -3.17. The summed E-state index contributed by atoms with van der Waals surface area (Å²) in [5, 5.41) is 13.7. The van der Waals surface area contributed by atoms with Crippen molar-refractivity contribution in [3.63, 3.8) is 0 Å². The Morgan fingerprint density at radius 2 is 2.00 bits per heavy atom. The lowest BCUT2D eigenvalue weighted by Gasteiger charge is -2.08. The number of nitrogens with one attached hydrogen (secondary N) is 1. The summed E-state index contributed by atoms with van der Waals surface area (Å²) in [6.45, 7) is 3.56. The number of aromatic nitrogens is 1. The molecular formula is C22H19N3O2S. The van der Waals surface area contributed by atoms with Crippen LogP contribution >= 0.6 is 11.8 Å². The fourth-order valence-electron chi connectivity index (χ4n) is 2.77. The van der Waals surface area contributed by atoms with Crippen LogP contribution in [0, 0.1) is 11.3 Å². The zero-order valence-corrected chi connectivity index (χ0v) is 16.5. The van der Waals surface area contributed by atoms with Gasteiger partial charge >= 0.3 is 0 Å². The molecule has 0 radical (unpaired) electrons. The molecule has 1 N–H and O–H groups in total. The number of nitriles is 1. The van der Waals surface area contributed by atoms with E-state index in [9.17, 15) is 14.9 Å². The number of carbonyl (C=O) groups excluding carboxylic acids is 2. The molecule has 0 saturated heterocycles. The van der Waals surface area contributed by atoms with Crippen molar-refractivity contribution in [3.8, 4) is 6.07 Å². The van der Waals surface area contributed by atoms with Gasteiger partial charge in [-0.25, -0.2) is 4.98 Å². The number of aryl methyl sites for hydroxylation is 1. The molecule has 3 rings (SSSR count). The van der Waals surface area contributed by atoms with E-state index in [0.717, 1.165) is 17.3 Å². The zero-order chi connectivity index (χ0) is 20.1. The minimum Gasteiger partial charge on any atom is -0.325 e. The molecular weight excluding hydrogens is 370 g/mol. The number of carbonyl (C=O) groups is 2. The Morgan fingerprint density at radius 3 is 2.71 bits per heavy atom. The molecule has 1 amide bonds. The van der Waals surface area contributed by atoms with Gasteiger partial charge in [0.15, 0.2) is 5.78 Å². The monoisotopic (exact) mass is 389 g/mol. The number of benzene rings is 2. The first-order valence-electron chi connectivity index (χ1n) is 8.87. The highest BCUT2D eigenvalue weighted by Crippen LogP contribution is 2.25. The van der Waals surface area contributed by atoms with Crippen molar-refractivity contribution >= 4 is 40.0 Å². The minimum atomic E-state index is -0.224. The molecule has 3 aromatic rings. The standard InChI is InChI=1S/C22H19N3O2S/c1-3-15-7-8-20-17(9-15)10-18(12-23)22(25-20)28-13-21(27)24-19-6-4-5-16(11-19)14(2)26/h4-11H,3,13H2,1-2H3,(H,24,27). The minimum absolute atomic E-state index is 0.0595. The van der Waals surface area contributed by atoms with Gasteiger partial charge in [-0.05, 0) is 49.2 Å². The van der Waals surface area contributed by atoms with Crippen molar-refractivity contribution in [2.45, 2.75) is 25.3 Å². The molecule has 0 aliphatic carbocycles. The summed E-state index contributed by atoms with van der Waals surface area (Å²) in [5.74, 6) is -0.168. The van der Waals surface area contributed by atoms with Crippen molar-refractivity contribution in [2.24, 2.45) is 0 Å². The lowest BCUT2D eigenvalue weighted by Crippen LogP contribution is -2.14. The second-order valence-electron chi connectivity index (χ2n) is 6.31. The molecule has 0 unspecified atom stereocenters. The molecule has 140 valence electrons. The van der Waals surface area contributed by atoms with Gasteiger partial charge in [0.1, 0.15) is 11.1 Å². The van der Waals surface area contributed by atoms with Gasteiger partial charge in [-0.1, -0.05) is 36.9 Å². The smallest absolute Gasteiger partial charge is 0.234 e. The average Bonchev–Trinajstić information content (AvgIpc) is 2.71. The van der Waals surface area contributed by atoms with Crippen LogP contribution in [-0.4, -0.2) is 22.4 Å². The molecule has 0 spiro atoms. The number of pyridine rings is 1. The van der Waals surface area contributed by atoms with Gasteiger partial charge in [0.05, 0.1) is 16.8 Å². The van der Waals surface area contributed by atoms with Gasteiger partial charge in [0.2, 0.25) is 5.91 Å². The Bertz CT molecular complexity index is 1100. The first-order chi connectivity index (χ1) is 13.5. The van der Waals surface area contributed by atoms with Gasteiger partial charge in [-0.15, -0.1) is 0 Å². The van der Waals surface area contributed by atoms with Crippen molar-refractivity contribution in [3.05, 3.63) is 65.2 Å². The fourth-order valence-corrected chi connectivity index (χ4v) is 3.53. The summed E-state index contributed by atoms with van der Waals surface area (Å²) in [6.07, 6.45) is 0.916. The van der Waals surface area contributed by atoms with E-state index in [4.69, 9.17) is 0 Å². The Morgan fingerprint density at radius 1 is 1.18 bits per heavy atom. The van der Waals surface area contributed by atoms with E-state index < -0.39 is 0 Å². The molecule has 0 fully saturated rings. The second kappa shape index (κ2) is 8.68. The third kappa shape index (κ3) is 4.56. The van der Waals surface area contributed by atoms with E-state index in [0.29, 0.717) is 21.8 Å². The molecule has 6 heteroatoms. The van der Waals surface area contributed by atoms with Gasteiger partial charge in [-0.3, -0.25) is 9.59 Å². The van der Waals surface area contributed by atoms with Crippen LogP contribution in [0.4, 0.5) is 5.69 Å². The molecule has 0 aliphatic heterocycles. The summed E-state index contributed by atoms with van der Waals surface area (Å²) in [5.41, 5.74) is 3.55. The Balaban J connectivity index is 1.74. The summed E-state index contributed by atoms with van der Waals surface area (Å²) in [6, 6.07) is 16.8. The van der Waals surface area contributed by atoms with Crippen LogP contribution in [0.25, 0.3) is 10.9 Å². The predicted octanol–water partition coefficient (Wildman–Crippen LogP) is 4.60. The normalized spacial score (nSPS) is 10.5. The predicted molar refractivity (Wildman–Crippen MR) is 112 cm³/mol. The van der Waals surface area contributed by atoms with Gasteiger partial charge < -0.3 is 5.32 Å². The molecule has 1 aromatic heterocycles.